The number of rotatable bonds is 4. The summed E-state index contributed by atoms with van der Waals surface area (Å²) in [4.78, 5) is 18.2. The third-order valence-corrected chi connectivity index (χ3v) is 4.48. The van der Waals surface area contributed by atoms with Crippen molar-refractivity contribution in [2.45, 2.75) is 12.8 Å². The Morgan fingerprint density at radius 2 is 1.96 bits per heavy atom. The van der Waals surface area contributed by atoms with E-state index in [4.69, 9.17) is 4.74 Å². The molecule has 0 aliphatic carbocycles. The van der Waals surface area contributed by atoms with Crippen LogP contribution in [0.5, 0.6) is 0 Å². The summed E-state index contributed by atoms with van der Waals surface area (Å²) in [6.45, 7) is 0.857. The van der Waals surface area contributed by atoms with E-state index in [-0.39, 0.29) is 5.97 Å². The van der Waals surface area contributed by atoms with Gasteiger partial charge in [0.1, 0.15) is 0 Å². The van der Waals surface area contributed by atoms with Gasteiger partial charge in [0, 0.05) is 17.9 Å². The molecule has 0 radical (unpaired) electrons. The number of benzene rings is 2. The zero-order valence-corrected chi connectivity index (χ0v) is 14.9. The Morgan fingerprint density at radius 3 is 2.78 bits per heavy atom. The molecule has 7 nitrogen and oxygen atoms in total. The fraction of sp³-hybridized carbons (Fsp3) is 0.200. The number of para-hydroxylation sites is 1. The topological polar surface area (TPSA) is 80.2 Å². The van der Waals surface area contributed by atoms with Crippen LogP contribution in [0.1, 0.15) is 22.3 Å². The summed E-state index contributed by atoms with van der Waals surface area (Å²) in [6, 6.07) is 15.3. The van der Waals surface area contributed by atoms with E-state index in [1.54, 1.807) is 30.5 Å². The molecule has 136 valence electrons. The van der Waals surface area contributed by atoms with Crippen LogP contribution in [-0.2, 0) is 11.2 Å². The highest BCUT2D eigenvalue weighted by Gasteiger charge is 2.20. The zero-order valence-electron chi connectivity index (χ0n) is 14.9. The predicted molar refractivity (Wildman–Crippen MR) is 103 cm³/mol. The summed E-state index contributed by atoms with van der Waals surface area (Å²) < 4.78 is 4.71. The molecule has 27 heavy (non-hydrogen) atoms. The summed E-state index contributed by atoms with van der Waals surface area (Å²) in [6.07, 6.45) is 3.69. The second-order valence-electron chi connectivity index (χ2n) is 6.22. The van der Waals surface area contributed by atoms with E-state index < -0.39 is 0 Å². The second kappa shape index (κ2) is 7.41. The minimum Gasteiger partial charge on any atom is -0.465 e. The Bertz CT molecular complexity index is 959. The van der Waals surface area contributed by atoms with Crippen LogP contribution in [0.15, 0.2) is 54.7 Å². The van der Waals surface area contributed by atoms with Gasteiger partial charge >= 0.3 is 5.97 Å². The summed E-state index contributed by atoms with van der Waals surface area (Å²) in [7, 11) is 1.36. The number of aryl methyl sites for hydroxylation is 1. The highest BCUT2D eigenvalue weighted by molar-refractivity contribution is 5.89. The van der Waals surface area contributed by atoms with Crippen LogP contribution in [0.2, 0.25) is 0 Å². The number of esters is 1. The van der Waals surface area contributed by atoms with Gasteiger partial charge in [-0.05, 0) is 48.7 Å². The molecule has 4 rings (SSSR count). The molecule has 7 heteroatoms. The van der Waals surface area contributed by atoms with Crippen LogP contribution in [0.3, 0.4) is 0 Å². The molecule has 0 saturated carbocycles. The molecule has 0 bridgehead atoms. The number of nitrogens with zero attached hydrogens (tertiary/aromatic N) is 4. The van der Waals surface area contributed by atoms with Crippen molar-refractivity contribution >= 4 is 29.1 Å². The highest BCUT2D eigenvalue weighted by atomic mass is 16.5. The van der Waals surface area contributed by atoms with Crippen molar-refractivity contribution in [2.24, 2.45) is 0 Å². The van der Waals surface area contributed by atoms with Gasteiger partial charge in [-0.15, -0.1) is 5.10 Å². The van der Waals surface area contributed by atoms with Crippen LogP contribution >= 0.6 is 0 Å². The minimum atomic E-state index is -0.365. The molecule has 1 aliphatic heterocycles. The smallest absolute Gasteiger partial charge is 0.337 e. The molecule has 1 N–H and O–H groups in total. The third kappa shape index (κ3) is 3.57. The summed E-state index contributed by atoms with van der Waals surface area (Å²) >= 11 is 0. The SMILES string of the molecule is COC(=O)c1ccc(Nc2cnnc(N3CCCc4ccccc43)n2)cc1. The Balaban J connectivity index is 1.56. The molecule has 0 saturated heterocycles. The van der Waals surface area contributed by atoms with Gasteiger partial charge in [-0.3, -0.25) is 0 Å². The molecule has 0 spiro atoms. The molecular weight excluding hydrogens is 342 g/mol. The lowest BCUT2D eigenvalue weighted by Crippen LogP contribution is -2.26. The second-order valence-corrected chi connectivity index (χ2v) is 6.22. The molecule has 2 heterocycles. The normalized spacial score (nSPS) is 13.0. The summed E-state index contributed by atoms with van der Waals surface area (Å²) in [5, 5.41) is 11.5. The Labute approximate surface area is 157 Å². The number of carbonyl (C=O) groups excluding carboxylic acids is 1. The van der Waals surface area contributed by atoms with Crippen LogP contribution < -0.4 is 10.2 Å². The number of methoxy groups -OCH3 is 1. The number of ether oxygens (including phenoxy) is 1. The average Bonchev–Trinajstić information content (AvgIpc) is 2.73. The van der Waals surface area contributed by atoms with Crippen LogP contribution in [0, 0.1) is 0 Å². The van der Waals surface area contributed by atoms with E-state index in [2.05, 4.69) is 43.6 Å². The monoisotopic (exact) mass is 361 g/mol. The number of hydrogen-bond donors (Lipinski definition) is 1. The lowest BCUT2D eigenvalue weighted by atomic mass is 10.0. The summed E-state index contributed by atoms with van der Waals surface area (Å²) in [5.74, 6) is 0.795. The van der Waals surface area contributed by atoms with E-state index in [0.29, 0.717) is 17.3 Å². The first-order chi connectivity index (χ1) is 13.2. The van der Waals surface area contributed by atoms with Crippen molar-refractivity contribution in [1.29, 1.82) is 0 Å². The maximum Gasteiger partial charge on any atom is 0.337 e. The van der Waals surface area contributed by atoms with Gasteiger partial charge in [0.05, 0.1) is 18.9 Å². The largest absolute Gasteiger partial charge is 0.465 e. The number of carbonyl (C=O) groups is 1. The maximum atomic E-state index is 11.5. The molecule has 0 unspecified atom stereocenters. The number of hydrogen-bond acceptors (Lipinski definition) is 7. The zero-order chi connectivity index (χ0) is 18.6. The quantitative estimate of drug-likeness (QED) is 0.713. The van der Waals surface area contributed by atoms with Gasteiger partial charge in [-0.25, -0.2) is 4.79 Å². The predicted octanol–water partition coefficient (Wildman–Crippen LogP) is 3.49. The van der Waals surface area contributed by atoms with E-state index in [9.17, 15) is 4.79 Å². The molecule has 0 amide bonds. The lowest BCUT2D eigenvalue weighted by molar-refractivity contribution is 0.0601. The van der Waals surface area contributed by atoms with Gasteiger partial charge < -0.3 is 15.0 Å². The standard InChI is InChI=1S/C20H19N5O2/c1-27-19(26)15-8-10-16(11-9-15)22-18-13-21-24-20(23-18)25-12-4-6-14-5-2-3-7-17(14)25/h2-3,5,7-11,13H,4,6,12H2,1H3,(H,22,23,24). The number of aromatic nitrogens is 3. The van der Waals surface area contributed by atoms with Crippen molar-refractivity contribution < 1.29 is 9.53 Å². The number of anilines is 4. The van der Waals surface area contributed by atoms with Crippen LogP contribution in [0.25, 0.3) is 0 Å². The molecule has 1 aliphatic rings. The number of nitrogens with one attached hydrogen (secondary N) is 1. The summed E-state index contributed by atoms with van der Waals surface area (Å²) in [5.41, 5.74) is 3.72. The van der Waals surface area contributed by atoms with Gasteiger partial charge in [0.2, 0.25) is 0 Å². The molecule has 2 aromatic carbocycles. The first-order valence-electron chi connectivity index (χ1n) is 8.75. The van der Waals surface area contributed by atoms with Gasteiger partial charge in [-0.2, -0.15) is 10.1 Å². The fourth-order valence-electron chi connectivity index (χ4n) is 3.17. The van der Waals surface area contributed by atoms with Gasteiger partial charge in [0.15, 0.2) is 5.82 Å². The first kappa shape index (κ1) is 17.0. The first-order valence-corrected chi connectivity index (χ1v) is 8.75. The third-order valence-electron chi connectivity index (χ3n) is 4.48. The highest BCUT2D eigenvalue weighted by Crippen LogP contribution is 2.31. The van der Waals surface area contributed by atoms with E-state index in [1.165, 1.54) is 12.7 Å². The van der Waals surface area contributed by atoms with E-state index >= 15 is 0 Å². The van der Waals surface area contributed by atoms with Crippen molar-refractivity contribution in [3.05, 3.63) is 65.9 Å². The molecule has 1 aromatic heterocycles. The van der Waals surface area contributed by atoms with Gasteiger partial charge in [-0.1, -0.05) is 18.2 Å². The lowest BCUT2D eigenvalue weighted by Gasteiger charge is -2.29. The molecule has 3 aromatic rings. The van der Waals surface area contributed by atoms with Crippen LogP contribution in [0.4, 0.5) is 23.1 Å². The fourth-order valence-corrected chi connectivity index (χ4v) is 3.17. The number of fused-ring (bicyclic) bond motifs is 1. The maximum absolute atomic E-state index is 11.5. The Morgan fingerprint density at radius 1 is 1.15 bits per heavy atom. The van der Waals surface area contributed by atoms with Crippen molar-refractivity contribution in [3.63, 3.8) is 0 Å². The van der Waals surface area contributed by atoms with Gasteiger partial charge in [0.25, 0.3) is 5.95 Å². The van der Waals surface area contributed by atoms with E-state index in [0.717, 1.165) is 30.8 Å². The van der Waals surface area contributed by atoms with Crippen molar-refractivity contribution in [1.82, 2.24) is 15.2 Å². The van der Waals surface area contributed by atoms with E-state index in [1.807, 2.05) is 6.07 Å². The molecular formula is C20H19N5O2. The van der Waals surface area contributed by atoms with Crippen molar-refractivity contribution in [3.8, 4) is 0 Å². The molecule has 0 fully saturated rings. The van der Waals surface area contributed by atoms with Crippen LogP contribution in [-0.4, -0.2) is 34.8 Å². The Kier molecular flexibility index (Phi) is 4.65. The Hall–Kier alpha value is -3.48. The molecule has 0 atom stereocenters. The minimum absolute atomic E-state index is 0.365. The van der Waals surface area contributed by atoms with Crippen molar-refractivity contribution in [2.75, 3.05) is 23.9 Å². The average molecular weight is 361 g/mol.